The fourth-order valence-electron chi connectivity index (χ4n) is 5.05. The summed E-state index contributed by atoms with van der Waals surface area (Å²) < 4.78 is 14.8. The molecular weight excluding hydrogens is 452 g/mol. The predicted octanol–water partition coefficient (Wildman–Crippen LogP) is 5.26. The summed E-state index contributed by atoms with van der Waals surface area (Å²) in [5.41, 5.74) is 4.22. The van der Waals surface area contributed by atoms with Crippen molar-refractivity contribution in [3.63, 3.8) is 0 Å². The van der Waals surface area contributed by atoms with Gasteiger partial charge in [0, 0.05) is 35.3 Å². The van der Waals surface area contributed by atoms with Gasteiger partial charge < -0.3 is 13.7 Å². The van der Waals surface area contributed by atoms with Gasteiger partial charge in [-0.1, -0.05) is 36.4 Å². The van der Waals surface area contributed by atoms with Crippen LogP contribution in [0.4, 0.5) is 0 Å². The van der Waals surface area contributed by atoms with Gasteiger partial charge in [-0.05, 0) is 41.8 Å². The zero-order valence-corrected chi connectivity index (χ0v) is 20.1. The molecule has 0 aliphatic heterocycles. The lowest BCUT2D eigenvalue weighted by Gasteiger charge is -2.16. The third-order valence-electron chi connectivity index (χ3n) is 6.85. The second kappa shape index (κ2) is 8.20. The molecule has 2 aromatic heterocycles. The highest BCUT2D eigenvalue weighted by Crippen LogP contribution is 2.37. The van der Waals surface area contributed by atoms with Gasteiger partial charge in [0.25, 0.3) is 0 Å². The monoisotopic (exact) mass is 475 g/mol. The molecule has 0 saturated carbocycles. The topological polar surface area (TPSA) is 64.5 Å². The number of methoxy groups -OCH3 is 1. The number of hydrogen-bond acceptors (Lipinski definition) is 4. The molecule has 0 aliphatic rings. The van der Waals surface area contributed by atoms with Crippen LogP contribution in [0.2, 0.25) is 0 Å². The van der Waals surface area contributed by atoms with Crippen LogP contribution in [0.15, 0.2) is 89.3 Å². The van der Waals surface area contributed by atoms with Crippen molar-refractivity contribution in [1.29, 1.82) is 0 Å². The van der Waals surface area contributed by atoms with E-state index in [-0.39, 0.29) is 11.5 Å². The second-order valence-electron chi connectivity index (χ2n) is 8.79. The van der Waals surface area contributed by atoms with E-state index in [0.717, 1.165) is 43.7 Å². The van der Waals surface area contributed by atoms with Crippen molar-refractivity contribution in [3.05, 3.63) is 101 Å². The molecule has 1 amide bonds. The van der Waals surface area contributed by atoms with Gasteiger partial charge >= 0.3 is 11.9 Å². The number of rotatable bonds is 2. The maximum Gasteiger partial charge on any atom is 0.420 e. The average molecular weight is 476 g/mol. The first-order valence-electron chi connectivity index (χ1n) is 11.6. The molecule has 0 fully saturated rings. The Morgan fingerprint density at radius 2 is 1.50 bits per heavy atom. The number of fused-ring (bicyclic) bond motifs is 4. The first-order chi connectivity index (χ1) is 17.5. The highest BCUT2D eigenvalue weighted by Gasteiger charge is 2.24. The molecule has 6 heteroatoms. The number of hydrogen-bond donors (Lipinski definition) is 0. The summed E-state index contributed by atoms with van der Waals surface area (Å²) in [4.78, 5) is 25.7. The molecule has 0 aliphatic carbocycles. The Morgan fingerprint density at radius 3 is 2.31 bits per heavy atom. The van der Waals surface area contributed by atoms with E-state index in [1.165, 1.54) is 7.11 Å². The Hall–Kier alpha value is -4.71. The number of carbonyl (C=O) groups is 2. The van der Waals surface area contributed by atoms with Gasteiger partial charge in [0.05, 0.1) is 23.7 Å². The summed E-state index contributed by atoms with van der Waals surface area (Å²) in [6, 6.07) is 26.8. The number of benzene rings is 4. The zero-order valence-electron chi connectivity index (χ0n) is 20.1. The lowest BCUT2D eigenvalue weighted by Crippen LogP contribution is -2.33. The molecule has 0 atom stereocenters. The van der Waals surface area contributed by atoms with E-state index in [4.69, 9.17) is 9.15 Å². The van der Waals surface area contributed by atoms with Crippen molar-refractivity contribution in [1.82, 2.24) is 9.14 Å². The predicted molar refractivity (Wildman–Crippen MR) is 141 cm³/mol. The summed E-state index contributed by atoms with van der Waals surface area (Å²) in [5, 5.41) is 4.94. The van der Waals surface area contributed by atoms with E-state index in [2.05, 4.69) is 16.7 Å². The number of para-hydroxylation sites is 1. The van der Waals surface area contributed by atoms with Gasteiger partial charge in [-0.25, -0.2) is 9.59 Å². The Morgan fingerprint density at radius 1 is 0.806 bits per heavy atom. The van der Waals surface area contributed by atoms with Crippen molar-refractivity contribution in [3.8, 4) is 0 Å². The third-order valence-corrected chi connectivity index (χ3v) is 6.85. The number of esters is 1. The minimum atomic E-state index is -0.542. The maximum atomic E-state index is 13.5. The minimum absolute atomic E-state index is 0.239. The molecule has 6 aromatic rings. The van der Waals surface area contributed by atoms with Gasteiger partial charge in [0.2, 0.25) is 5.36 Å². The standard InChI is InChI=1S/C30H23N2O4/c1-31(29(33)21-9-4-5-10-22(21)30(34)35-3)18-15-16-19-20-12-8-14-26-27(20)28(32(2)24(19)17-18)23-11-6-7-13-25(23)36-26/h4-17H,1-3H3/q+1. The Kier molecular flexibility index (Phi) is 4.97. The SMILES string of the molecule is COC(=O)c1ccccc1C(=O)[N+](C)=c1ccc2c3cccc4oc5ccccc5c(c43)n(C)c2c1. The second-order valence-corrected chi connectivity index (χ2v) is 8.79. The molecule has 0 N–H and O–H groups in total. The van der Waals surface area contributed by atoms with Crippen LogP contribution in [0, 0.1) is 0 Å². The van der Waals surface area contributed by atoms with Crippen LogP contribution < -0.4 is 9.93 Å². The molecule has 6 rings (SSSR count). The molecule has 2 heterocycles. The fraction of sp³-hybridized carbons (Fsp3) is 0.100. The maximum absolute atomic E-state index is 13.5. The van der Waals surface area contributed by atoms with Gasteiger partial charge in [-0.15, -0.1) is 0 Å². The first-order valence-corrected chi connectivity index (χ1v) is 11.6. The molecule has 0 unspecified atom stereocenters. The van der Waals surface area contributed by atoms with Crippen molar-refractivity contribution in [2.24, 2.45) is 7.05 Å². The number of nitrogens with zero attached hydrogens (tertiary/aromatic N) is 2. The summed E-state index contributed by atoms with van der Waals surface area (Å²) >= 11 is 0. The number of carbonyl (C=O) groups excluding carboxylic acids is 2. The highest BCUT2D eigenvalue weighted by molar-refractivity contribution is 6.23. The lowest BCUT2D eigenvalue weighted by atomic mass is 10.0. The van der Waals surface area contributed by atoms with E-state index in [0.29, 0.717) is 10.9 Å². The third kappa shape index (κ3) is 3.15. The summed E-state index contributed by atoms with van der Waals surface area (Å²) in [6.07, 6.45) is 0. The number of aromatic nitrogens is 1. The van der Waals surface area contributed by atoms with E-state index in [1.807, 2.05) is 55.6 Å². The molecule has 36 heavy (non-hydrogen) atoms. The summed E-state index contributed by atoms with van der Waals surface area (Å²) in [6.45, 7) is 0. The number of aryl methyl sites for hydroxylation is 1. The van der Waals surface area contributed by atoms with Crippen molar-refractivity contribution in [2.75, 3.05) is 14.2 Å². The van der Waals surface area contributed by atoms with E-state index in [9.17, 15) is 9.59 Å². The van der Waals surface area contributed by atoms with Gasteiger partial charge in [-0.2, -0.15) is 4.58 Å². The number of ether oxygens (including phenoxy) is 1. The van der Waals surface area contributed by atoms with Gasteiger partial charge in [-0.3, -0.25) is 0 Å². The largest absolute Gasteiger partial charge is 0.465 e. The lowest BCUT2D eigenvalue weighted by molar-refractivity contribution is 0.0596. The summed E-state index contributed by atoms with van der Waals surface area (Å²) in [5.74, 6) is -0.833. The summed E-state index contributed by atoms with van der Waals surface area (Å²) in [7, 11) is 5.06. The van der Waals surface area contributed by atoms with Crippen molar-refractivity contribution in [2.45, 2.75) is 0 Å². The zero-order chi connectivity index (χ0) is 25.0. The average Bonchev–Trinajstić information content (AvgIpc) is 2.93. The van der Waals surface area contributed by atoms with Crippen LogP contribution in [0.1, 0.15) is 20.7 Å². The van der Waals surface area contributed by atoms with Crippen LogP contribution in [-0.2, 0) is 11.8 Å². The van der Waals surface area contributed by atoms with Crippen LogP contribution in [0.5, 0.6) is 0 Å². The van der Waals surface area contributed by atoms with E-state index < -0.39 is 5.97 Å². The Labute approximate surface area is 206 Å². The van der Waals surface area contributed by atoms with Crippen molar-refractivity contribution < 1.29 is 18.7 Å². The molecule has 4 aromatic carbocycles. The highest BCUT2D eigenvalue weighted by atomic mass is 16.5. The smallest absolute Gasteiger partial charge is 0.420 e. The number of amides is 1. The molecule has 0 saturated heterocycles. The molecule has 0 radical (unpaired) electrons. The molecule has 6 nitrogen and oxygen atoms in total. The Bertz CT molecular complexity index is 1940. The van der Waals surface area contributed by atoms with Crippen LogP contribution in [0.3, 0.4) is 0 Å². The van der Waals surface area contributed by atoms with Gasteiger partial charge in [0.15, 0.2) is 0 Å². The molecule has 176 valence electrons. The molecule has 0 spiro atoms. The van der Waals surface area contributed by atoms with E-state index >= 15 is 0 Å². The fourth-order valence-corrected chi connectivity index (χ4v) is 5.05. The van der Waals surface area contributed by atoms with E-state index in [1.54, 1.807) is 35.9 Å². The van der Waals surface area contributed by atoms with Crippen LogP contribution in [-0.4, -0.2) is 30.6 Å². The number of pyridine rings is 1. The van der Waals surface area contributed by atoms with Crippen LogP contribution >= 0.6 is 0 Å². The normalized spacial score (nSPS) is 12.4. The van der Waals surface area contributed by atoms with Crippen molar-refractivity contribution >= 4 is 55.6 Å². The quantitative estimate of drug-likeness (QED) is 0.148. The Balaban J connectivity index is 1.67. The van der Waals surface area contributed by atoms with Crippen LogP contribution in [0.25, 0.3) is 43.7 Å². The molecular formula is C30H23N2O4+. The molecule has 0 bridgehead atoms. The minimum Gasteiger partial charge on any atom is -0.465 e. The van der Waals surface area contributed by atoms with Gasteiger partial charge in [0.1, 0.15) is 23.8 Å². The first kappa shape index (κ1) is 21.8.